The molecule has 2 atom stereocenters. The van der Waals surface area contributed by atoms with Crippen LogP contribution >= 0.6 is 0 Å². The second-order valence-electron chi connectivity index (χ2n) is 6.74. The first-order valence-electron chi connectivity index (χ1n) is 9.39. The van der Waals surface area contributed by atoms with Crippen LogP contribution in [0.4, 0.5) is 0 Å². The fourth-order valence-corrected chi connectivity index (χ4v) is 3.16. The van der Waals surface area contributed by atoms with Gasteiger partial charge in [-0.25, -0.2) is 0 Å². The molecular weight excluding hydrogens is 350 g/mol. The Labute approximate surface area is 165 Å². The molecule has 0 aliphatic carbocycles. The van der Waals surface area contributed by atoms with Gasteiger partial charge in [0.25, 0.3) is 0 Å². The van der Waals surface area contributed by atoms with E-state index >= 15 is 0 Å². The lowest BCUT2D eigenvalue weighted by Crippen LogP contribution is -2.47. The van der Waals surface area contributed by atoms with Gasteiger partial charge in [0.15, 0.2) is 0 Å². The third-order valence-electron chi connectivity index (χ3n) is 4.70. The topological polar surface area (TPSA) is 58.6 Å². The summed E-state index contributed by atoms with van der Waals surface area (Å²) in [4.78, 5) is 12.0. The summed E-state index contributed by atoms with van der Waals surface area (Å²) in [5.74, 6) is -0.933. The number of aliphatic carboxylic acids is 1. The van der Waals surface area contributed by atoms with Crippen molar-refractivity contribution in [2.75, 3.05) is 0 Å². The summed E-state index contributed by atoms with van der Waals surface area (Å²) < 4.78 is 5.88. The average Bonchev–Trinajstić information content (AvgIpc) is 2.74. The van der Waals surface area contributed by atoms with Gasteiger partial charge in [-0.2, -0.15) is 0 Å². The Hall–Kier alpha value is -2.95. The highest BCUT2D eigenvalue weighted by molar-refractivity contribution is 5.74. The Kier molecular flexibility index (Phi) is 6.95. The summed E-state index contributed by atoms with van der Waals surface area (Å²) >= 11 is 0. The lowest BCUT2D eigenvalue weighted by atomic mass is 9.97. The number of hydrogen-bond acceptors (Lipinski definition) is 3. The second-order valence-corrected chi connectivity index (χ2v) is 6.74. The average molecular weight is 375 g/mol. The molecule has 0 saturated heterocycles. The van der Waals surface area contributed by atoms with Crippen molar-refractivity contribution in [3.8, 4) is 0 Å². The van der Waals surface area contributed by atoms with Gasteiger partial charge in [0.1, 0.15) is 6.04 Å². The maximum Gasteiger partial charge on any atom is 0.323 e. The van der Waals surface area contributed by atoms with Gasteiger partial charge in [-0.15, -0.1) is 0 Å². The first-order chi connectivity index (χ1) is 13.6. The minimum absolute atomic E-state index is 0.244. The standard InChI is InChI=1S/C24H25NO3/c1-18(28-17-19-11-5-2-6-12-19)22(24(26)27)25-23(20-13-7-3-8-14-20)21-15-9-4-10-16-21/h2-16,18,22-23,25H,17H2,1H3,(H,26,27)/t18-,22+/m0/s1. The highest BCUT2D eigenvalue weighted by Crippen LogP contribution is 2.23. The van der Waals surface area contributed by atoms with E-state index < -0.39 is 18.1 Å². The molecule has 2 N–H and O–H groups in total. The number of benzene rings is 3. The summed E-state index contributed by atoms with van der Waals surface area (Å²) in [7, 11) is 0. The smallest absolute Gasteiger partial charge is 0.323 e. The summed E-state index contributed by atoms with van der Waals surface area (Å²) in [5.41, 5.74) is 3.03. The van der Waals surface area contributed by atoms with Crippen LogP contribution < -0.4 is 5.32 Å². The number of hydrogen-bond donors (Lipinski definition) is 2. The zero-order valence-electron chi connectivity index (χ0n) is 15.9. The number of carboxylic acids is 1. The Morgan fingerprint density at radius 3 is 1.79 bits per heavy atom. The molecule has 0 spiro atoms. The van der Waals surface area contributed by atoms with Gasteiger partial charge in [-0.05, 0) is 23.6 Å². The van der Waals surface area contributed by atoms with Crippen molar-refractivity contribution in [3.05, 3.63) is 108 Å². The predicted molar refractivity (Wildman–Crippen MR) is 110 cm³/mol. The SMILES string of the molecule is C[C@H](OCc1ccccc1)[C@@H](NC(c1ccccc1)c1ccccc1)C(=O)O. The molecule has 0 aliphatic rings. The number of carbonyl (C=O) groups is 1. The molecule has 0 bridgehead atoms. The van der Waals surface area contributed by atoms with Crippen LogP contribution in [0.5, 0.6) is 0 Å². The van der Waals surface area contributed by atoms with E-state index in [9.17, 15) is 9.90 Å². The Balaban J connectivity index is 1.78. The van der Waals surface area contributed by atoms with Gasteiger partial charge in [0.2, 0.25) is 0 Å². The molecule has 0 aromatic heterocycles. The van der Waals surface area contributed by atoms with Gasteiger partial charge in [0, 0.05) is 0 Å². The first kappa shape index (κ1) is 19.8. The van der Waals surface area contributed by atoms with Crippen LogP contribution in [0.15, 0.2) is 91.0 Å². The third-order valence-corrected chi connectivity index (χ3v) is 4.70. The Morgan fingerprint density at radius 2 is 1.32 bits per heavy atom. The zero-order chi connectivity index (χ0) is 19.8. The molecule has 0 heterocycles. The fourth-order valence-electron chi connectivity index (χ4n) is 3.16. The van der Waals surface area contributed by atoms with Crippen LogP contribution in [-0.2, 0) is 16.1 Å². The van der Waals surface area contributed by atoms with Crippen molar-refractivity contribution >= 4 is 5.97 Å². The maximum atomic E-state index is 12.0. The molecule has 0 unspecified atom stereocenters. The fraction of sp³-hybridized carbons (Fsp3) is 0.208. The van der Waals surface area contributed by atoms with E-state index in [0.29, 0.717) is 6.61 Å². The molecule has 0 radical (unpaired) electrons. The van der Waals surface area contributed by atoms with Crippen molar-refractivity contribution in [3.63, 3.8) is 0 Å². The predicted octanol–water partition coefficient (Wildman–Crippen LogP) is 4.42. The number of ether oxygens (including phenoxy) is 1. The van der Waals surface area contributed by atoms with Gasteiger partial charge >= 0.3 is 5.97 Å². The molecule has 0 aliphatic heterocycles. The molecule has 0 saturated carbocycles. The molecule has 28 heavy (non-hydrogen) atoms. The van der Waals surface area contributed by atoms with Crippen molar-refractivity contribution in [1.82, 2.24) is 5.32 Å². The molecular formula is C24H25NO3. The number of nitrogens with one attached hydrogen (secondary N) is 1. The van der Waals surface area contributed by atoms with Crippen LogP contribution in [0.2, 0.25) is 0 Å². The Bertz CT molecular complexity index is 813. The summed E-state index contributed by atoms with van der Waals surface area (Å²) in [6.45, 7) is 2.16. The Morgan fingerprint density at radius 1 is 0.857 bits per heavy atom. The van der Waals surface area contributed by atoms with Crippen molar-refractivity contribution in [2.24, 2.45) is 0 Å². The van der Waals surface area contributed by atoms with E-state index in [2.05, 4.69) is 5.32 Å². The summed E-state index contributed by atoms with van der Waals surface area (Å²) in [6.07, 6.45) is -0.507. The van der Waals surface area contributed by atoms with Crippen molar-refractivity contribution in [2.45, 2.75) is 31.7 Å². The normalized spacial score (nSPS) is 13.2. The van der Waals surface area contributed by atoms with Crippen LogP contribution in [0.25, 0.3) is 0 Å². The van der Waals surface area contributed by atoms with Crippen LogP contribution in [0.1, 0.15) is 29.7 Å². The maximum absolute atomic E-state index is 12.0. The van der Waals surface area contributed by atoms with Gasteiger partial charge in [-0.3, -0.25) is 10.1 Å². The van der Waals surface area contributed by atoms with E-state index in [1.54, 1.807) is 6.92 Å². The van der Waals surface area contributed by atoms with E-state index in [1.165, 1.54) is 0 Å². The molecule has 144 valence electrons. The summed E-state index contributed by atoms with van der Waals surface area (Å²) in [6, 6.07) is 28.4. The number of carboxylic acid groups (broad SMARTS) is 1. The highest BCUT2D eigenvalue weighted by Gasteiger charge is 2.29. The van der Waals surface area contributed by atoms with E-state index in [4.69, 9.17) is 4.74 Å². The van der Waals surface area contributed by atoms with E-state index in [1.807, 2.05) is 91.0 Å². The second kappa shape index (κ2) is 9.83. The molecule has 3 rings (SSSR count). The monoisotopic (exact) mass is 375 g/mol. The quantitative estimate of drug-likeness (QED) is 0.581. The first-order valence-corrected chi connectivity index (χ1v) is 9.39. The highest BCUT2D eigenvalue weighted by atomic mass is 16.5. The van der Waals surface area contributed by atoms with Crippen molar-refractivity contribution in [1.29, 1.82) is 0 Å². The van der Waals surface area contributed by atoms with Crippen LogP contribution in [0.3, 0.4) is 0 Å². The third kappa shape index (κ3) is 5.28. The van der Waals surface area contributed by atoms with E-state index in [-0.39, 0.29) is 6.04 Å². The van der Waals surface area contributed by atoms with Crippen LogP contribution in [0, 0.1) is 0 Å². The number of rotatable bonds is 9. The largest absolute Gasteiger partial charge is 0.480 e. The van der Waals surface area contributed by atoms with E-state index in [0.717, 1.165) is 16.7 Å². The minimum Gasteiger partial charge on any atom is -0.480 e. The lowest BCUT2D eigenvalue weighted by Gasteiger charge is -2.28. The summed E-state index contributed by atoms with van der Waals surface area (Å²) in [5, 5.41) is 13.1. The van der Waals surface area contributed by atoms with Crippen LogP contribution in [-0.4, -0.2) is 23.2 Å². The molecule has 0 fully saturated rings. The van der Waals surface area contributed by atoms with Crippen molar-refractivity contribution < 1.29 is 14.6 Å². The molecule has 0 amide bonds. The lowest BCUT2D eigenvalue weighted by molar-refractivity contribution is -0.144. The zero-order valence-corrected chi connectivity index (χ0v) is 15.9. The van der Waals surface area contributed by atoms with Gasteiger partial charge in [0.05, 0.1) is 18.8 Å². The van der Waals surface area contributed by atoms with Gasteiger partial charge in [-0.1, -0.05) is 91.0 Å². The molecule has 3 aromatic carbocycles. The molecule has 3 aromatic rings. The molecule has 4 nitrogen and oxygen atoms in total. The minimum atomic E-state index is -0.933. The molecule has 4 heteroatoms. The van der Waals surface area contributed by atoms with Gasteiger partial charge < -0.3 is 9.84 Å².